The molecule has 18 heavy (non-hydrogen) atoms. The summed E-state index contributed by atoms with van der Waals surface area (Å²) in [5.41, 5.74) is -1.95. The van der Waals surface area contributed by atoms with Crippen molar-refractivity contribution in [1.29, 1.82) is 0 Å². The summed E-state index contributed by atoms with van der Waals surface area (Å²) in [7, 11) is 0. The van der Waals surface area contributed by atoms with Gasteiger partial charge < -0.3 is 0 Å². The third kappa shape index (κ3) is 2.23. The number of hydrogen-bond acceptors (Lipinski definition) is 0. The Hall–Kier alpha value is -1.48. The lowest BCUT2D eigenvalue weighted by atomic mass is 9.79. The second kappa shape index (κ2) is 4.65. The van der Waals surface area contributed by atoms with E-state index in [1.54, 1.807) is 12.2 Å². The van der Waals surface area contributed by atoms with Crippen molar-refractivity contribution in [3.05, 3.63) is 71.3 Å². The van der Waals surface area contributed by atoms with Crippen molar-refractivity contribution in [3.63, 3.8) is 0 Å². The van der Waals surface area contributed by atoms with Gasteiger partial charge >= 0.3 is 6.18 Å². The maximum absolute atomic E-state index is 13.4. The Kier molecular flexibility index (Phi) is 3.35. The summed E-state index contributed by atoms with van der Waals surface area (Å²) in [6.45, 7) is 0. The van der Waals surface area contributed by atoms with Gasteiger partial charge in [-0.15, -0.1) is 0 Å². The van der Waals surface area contributed by atoms with Gasteiger partial charge in [0, 0.05) is 5.02 Å². The van der Waals surface area contributed by atoms with E-state index in [2.05, 4.69) is 0 Å². The lowest BCUT2D eigenvalue weighted by Crippen LogP contribution is -2.38. The predicted molar refractivity (Wildman–Crippen MR) is 66.6 cm³/mol. The van der Waals surface area contributed by atoms with E-state index < -0.39 is 11.6 Å². The molecule has 0 fully saturated rings. The fraction of sp³-hybridized carbons (Fsp3) is 0.143. The highest BCUT2D eigenvalue weighted by atomic mass is 35.5. The van der Waals surface area contributed by atoms with E-state index in [9.17, 15) is 13.2 Å². The lowest BCUT2D eigenvalue weighted by molar-refractivity contribution is -0.162. The zero-order valence-corrected chi connectivity index (χ0v) is 10.0. The Bertz CT molecular complexity index is 491. The number of hydrogen-bond donors (Lipinski definition) is 0. The summed E-state index contributed by atoms with van der Waals surface area (Å²) in [5.74, 6) is 0. The molecule has 0 bridgehead atoms. The third-order valence-electron chi connectivity index (χ3n) is 2.84. The van der Waals surface area contributed by atoms with Crippen molar-refractivity contribution >= 4 is 11.6 Å². The van der Waals surface area contributed by atoms with Crippen LogP contribution < -0.4 is 0 Å². The van der Waals surface area contributed by atoms with Crippen LogP contribution in [0.5, 0.6) is 0 Å². The van der Waals surface area contributed by atoms with Crippen molar-refractivity contribution < 1.29 is 13.2 Å². The van der Waals surface area contributed by atoms with Gasteiger partial charge in [0.1, 0.15) is 5.41 Å². The molecular weight excluding hydrogens is 261 g/mol. The molecule has 0 N–H and O–H groups in total. The minimum absolute atomic E-state index is 0.149. The summed E-state index contributed by atoms with van der Waals surface area (Å²) in [6.07, 6.45) is 3.84. The average molecular weight is 271 g/mol. The van der Waals surface area contributed by atoms with Crippen molar-refractivity contribution in [2.24, 2.45) is 0 Å². The van der Waals surface area contributed by atoms with Gasteiger partial charge in [-0.1, -0.05) is 60.2 Å². The van der Waals surface area contributed by atoms with Gasteiger partial charge in [0.05, 0.1) is 0 Å². The normalized spacial score (nSPS) is 17.8. The first-order valence-corrected chi connectivity index (χ1v) is 5.70. The highest BCUT2D eigenvalue weighted by Gasteiger charge is 2.52. The Labute approximate surface area is 108 Å². The monoisotopic (exact) mass is 270 g/mol. The maximum Gasteiger partial charge on any atom is 0.405 e. The summed E-state index contributed by atoms with van der Waals surface area (Å²) in [4.78, 5) is 0. The molecule has 0 aliphatic heterocycles. The molecule has 0 spiro atoms. The van der Waals surface area contributed by atoms with Crippen molar-refractivity contribution in [2.45, 2.75) is 11.6 Å². The van der Waals surface area contributed by atoms with E-state index >= 15 is 0 Å². The predicted octanol–water partition coefficient (Wildman–Crippen LogP) is 4.82. The number of benzene rings is 1. The van der Waals surface area contributed by atoms with Crippen LogP contribution in [0.4, 0.5) is 13.2 Å². The molecule has 1 aliphatic rings. The van der Waals surface area contributed by atoms with E-state index in [0.717, 1.165) is 12.2 Å². The topological polar surface area (TPSA) is 0 Å². The molecule has 1 aromatic carbocycles. The van der Waals surface area contributed by atoms with Crippen LogP contribution in [0.25, 0.3) is 0 Å². The van der Waals surface area contributed by atoms with Crippen LogP contribution in [0.15, 0.2) is 60.7 Å². The fourth-order valence-electron chi connectivity index (χ4n) is 1.87. The molecule has 0 radical (unpaired) electrons. The van der Waals surface area contributed by atoms with Gasteiger partial charge in [0.25, 0.3) is 0 Å². The van der Waals surface area contributed by atoms with Crippen molar-refractivity contribution in [2.75, 3.05) is 0 Å². The molecule has 2 rings (SSSR count). The first-order chi connectivity index (χ1) is 8.46. The minimum atomic E-state index is -4.40. The molecule has 1 aromatic rings. The number of allylic oxidation sites excluding steroid dienone is 6. The van der Waals surface area contributed by atoms with Crippen LogP contribution in [0.3, 0.4) is 0 Å². The average Bonchev–Trinajstić information content (AvgIpc) is 2.55. The van der Waals surface area contributed by atoms with Crippen LogP contribution in [0.1, 0.15) is 5.56 Å². The fourth-order valence-corrected chi connectivity index (χ4v) is 2.00. The van der Waals surface area contributed by atoms with Gasteiger partial charge in [-0.3, -0.25) is 0 Å². The zero-order valence-electron chi connectivity index (χ0n) is 9.29. The molecule has 0 saturated heterocycles. The van der Waals surface area contributed by atoms with Crippen LogP contribution in [0, 0.1) is 0 Å². The molecule has 0 nitrogen and oxygen atoms in total. The smallest absolute Gasteiger partial charge is 0.169 e. The van der Waals surface area contributed by atoms with Gasteiger partial charge in [-0.2, -0.15) is 13.2 Å². The van der Waals surface area contributed by atoms with Gasteiger partial charge in [-0.25, -0.2) is 0 Å². The van der Waals surface area contributed by atoms with E-state index in [-0.39, 0.29) is 5.56 Å². The maximum atomic E-state index is 13.4. The molecule has 0 unspecified atom stereocenters. The second-order valence-corrected chi connectivity index (χ2v) is 4.41. The Balaban J connectivity index is 2.60. The third-order valence-corrected chi connectivity index (χ3v) is 3.09. The molecule has 0 heterocycles. The van der Waals surface area contributed by atoms with Crippen LogP contribution in [0.2, 0.25) is 5.02 Å². The SMILES string of the molecule is FC(F)(F)C1(c2ccc(Cl)cc2)C=CC=CC=C1. The van der Waals surface area contributed by atoms with Crippen LogP contribution >= 0.6 is 11.6 Å². The van der Waals surface area contributed by atoms with E-state index in [4.69, 9.17) is 11.6 Å². The Morgan fingerprint density at radius 3 is 1.78 bits per heavy atom. The molecule has 0 atom stereocenters. The summed E-state index contributed by atoms with van der Waals surface area (Å²) in [6, 6.07) is 5.72. The number of rotatable bonds is 1. The standard InChI is InChI=1S/C14H10ClF3/c15-12-7-5-11(6-8-12)13(14(16,17)18)9-3-1-2-4-10-13/h1-10H. The van der Waals surface area contributed by atoms with Gasteiger partial charge in [-0.05, 0) is 17.7 Å². The van der Waals surface area contributed by atoms with Crippen molar-refractivity contribution in [3.8, 4) is 0 Å². The Morgan fingerprint density at radius 1 is 0.833 bits per heavy atom. The van der Waals surface area contributed by atoms with Crippen LogP contribution in [-0.4, -0.2) is 6.18 Å². The second-order valence-electron chi connectivity index (χ2n) is 3.98. The highest BCUT2D eigenvalue weighted by molar-refractivity contribution is 6.30. The number of alkyl halides is 3. The molecule has 0 amide bonds. The van der Waals surface area contributed by atoms with Gasteiger partial charge in [0.15, 0.2) is 0 Å². The lowest BCUT2D eigenvalue weighted by Gasteiger charge is -2.30. The minimum Gasteiger partial charge on any atom is -0.169 e. The molecule has 4 heteroatoms. The quantitative estimate of drug-likeness (QED) is 0.686. The van der Waals surface area contributed by atoms with Crippen molar-refractivity contribution in [1.82, 2.24) is 0 Å². The molecule has 1 aliphatic carbocycles. The Morgan fingerprint density at radius 2 is 1.33 bits per heavy atom. The van der Waals surface area contributed by atoms with E-state index in [1.165, 1.54) is 36.4 Å². The largest absolute Gasteiger partial charge is 0.405 e. The van der Waals surface area contributed by atoms with E-state index in [1.807, 2.05) is 0 Å². The first kappa shape index (κ1) is 13.0. The van der Waals surface area contributed by atoms with Crippen LogP contribution in [-0.2, 0) is 5.41 Å². The summed E-state index contributed by atoms with van der Waals surface area (Å²) >= 11 is 5.71. The molecular formula is C14H10ClF3. The molecule has 0 aromatic heterocycles. The molecule has 94 valence electrons. The first-order valence-electron chi connectivity index (χ1n) is 5.32. The zero-order chi connectivity index (χ0) is 13.2. The van der Waals surface area contributed by atoms with Gasteiger partial charge in [0.2, 0.25) is 0 Å². The highest BCUT2D eigenvalue weighted by Crippen LogP contribution is 2.44. The number of halogens is 4. The molecule has 0 saturated carbocycles. The summed E-state index contributed by atoms with van der Waals surface area (Å²) < 4.78 is 40.2. The summed E-state index contributed by atoms with van der Waals surface area (Å²) in [5, 5.41) is 0.413. The van der Waals surface area contributed by atoms with E-state index in [0.29, 0.717) is 5.02 Å².